The van der Waals surface area contributed by atoms with Gasteiger partial charge in [-0.3, -0.25) is 4.79 Å². The van der Waals surface area contributed by atoms with Crippen LogP contribution in [0, 0.1) is 11.7 Å². The Balaban J connectivity index is 2.79. The Morgan fingerprint density at radius 3 is 2.59 bits per heavy atom. The molecule has 0 heterocycles. The van der Waals surface area contributed by atoms with Crippen LogP contribution < -0.4 is 5.32 Å². The summed E-state index contributed by atoms with van der Waals surface area (Å²) in [5, 5.41) is 3.59. The van der Waals surface area contributed by atoms with Gasteiger partial charge in [0.25, 0.3) is 5.91 Å². The first-order valence-electron chi connectivity index (χ1n) is 5.27. The number of nitrogens with one attached hydrogen (secondary N) is 1. The van der Waals surface area contributed by atoms with Gasteiger partial charge in [-0.2, -0.15) is 0 Å². The molecule has 1 amide bonds. The van der Waals surface area contributed by atoms with Crippen LogP contribution in [0.15, 0.2) is 22.7 Å². The van der Waals surface area contributed by atoms with E-state index in [-0.39, 0.29) is 17.8 Å². The molecule has 1 aromatic rings. The SMILES string of the molecule is CC(C)C(CBr)NC(=O)c1ccc(F)c(Br)c1. The molecule has 0 aliphatic carbocycles. The molecule has 1 rings (SSSR count). The zero-order valence-electron chi connectivity index (χ0n) is 9.64. The Morgan fingerprint density at radius 2 is 2.12 bits per heavy atom. The Bertz CT molecular complexity index is 409. The van der Waals surface area contributed by atoms with E-state index >= 15 is 0 Å². The van der Waals surface area contributed by atoms with Gasteiger partial charge < -0.3 is 5.32 Å². The van der Waals surface area contributed by atoms with Gasteiger partial charge in [-0.25, -0.2) is 4.39 Å². The van der Waals surface area contributed by atoms with Crippen molar-refractivity contribution in [3.05, 3.63) is 34.1 Å². The predicted molar refractivity (Wildman–Crippen MR) is 74.0 cm³/mol. The molecule has 0 saturated carbocycles. The van der Waals surface area contributed by atoms with E-state index in [0.717, 1.165) is 0 Å². The normalized spacial score (nSPS) is 12.6. The zero-order valence-corrected chi connectivity index (χ0v) is 12.8. The van der Waals surface area contributed by atoms with Crippen molar-refractivity contribution in [3.8, 4) is 0 Å². The van der Waals surface area contributed by atoms with Gasteiger partial charge in [-0.15, -0.1) is 0 Å². The molecule has 0 aliphatic rings. The maximum atomic E-state index is 13.0. The van der Waals surface area contributed by atoms with Crippen LogP contribution >= 0.6 is 31.9 Å². The summed E-state index contributed by atoms with van der Waals surface area (Å²) in [6, 6.07) is 4.29. The van der Waals surface area contributed by atoms with E-state index in [4.69, 9.17) is 0 Å². The summed E-state index contributed by atoms with van der Waals surface area (Å²) in [6.45, 7) is 4.07. The fourth-order valence-electron chi connectivity index (χ4n) is 1.27. The molecule has 0 radical (unpaired) electrons. The van der Waals surface area contributed by atoms with Crippen molar-refractivity contribution in [1.29, 1.82) is 0 Å². The average Bonchev–Trinajstić information content (AvgIpc) is 2.28. The lowest BCUT2D eigenvalue weighted by molar-refractivity contribution is 0.0931. The van der Waals surface area contributed by atoms with Crippen LogP contribution in [0.4, 0.5) is 4.39 Å². The molecule has 0 aliphatic heterocycles. The minimum atomic E-state index is -0.373. The molecule has 5 heteroatoms. The monoisotopic (exact) mass is 365 g/mol. The van der Waals surface area contributed by atoms with Gasteiger partial charge in [0.05, 0.1) is 4.47 Å². The second kappa shape index (κ2) is 6.50. The summed E-state index contributed by atoms with van der Waals surface area (Å²) >= 11 is 6.42. The molecule has 94 valence electrons. The standard InChI is InChI=1S/C12H14Br2FNO/c1-7(2)11(6-13)16-12(17)8-3-4-10(15)9(14)5-8/h3-5,7,11H,6H2,1-2H3,(H,16,17). The Hall–Kier alpha value is -0.420. The van der Waals surface area contributed by atoms with Crippen molar-refractivity contribution in [1.82, 2.24) is 5.32 Å². The van der Waals surface area contributed by atoms with Gasteiger partial charge in [0.1, 0.15) is 5.82 Å². The highest BCUT2D eigenvalue weighted by Crippen LogP contribution is 2.17. The summed E-state index contributed by atoms with van der Waals surface area (Å²) in [5.41, 5.74) is 0.449. The number of alkyl halides is 1. The van der Waals surface area contributed by atoms with Crippen LogP contribution in [-0.2, 0) is 0 Å². The molecule has 0 bridgehead atoms. The number of carbonyl (C=O) groups excluding carboxylic acids is 1. The molecule has 1 N–H and O–H groups in total. The fraction of sp³-hybridized carbons (Fsp3) is 0.417. The molecule has 1 aromatic carbocycles. The maximum Gasteiger partial charge on any atom is 0.251 e. The van der Waals surface area contributed by atoms with E-state index < -0.39 is 0 Å². The summed E-state index contributed by atoms with van der Waals surface area (Å²) in [4.78, 5) is 11.9. The van der Waals surface area contributed by atoms with Crippen molar-refractivity contribution in [2.75, 3.05) is 5.33 Å². The summed E-state index contributed by atoms with van der Waals surface area (Å²) in [5.74, 6) is -0.228. The predicted octanol–water partition coefficient (Wildman–Crippen LogP) is 3.74. The quantitative estimate of drug-likeness (QED) is 0.808. The number of carbonyl (C=O) groups is 1. The van der Waals surface area contributed by atoms with Gasteiger partial charge in [-0.05, 0) is 40.0 Å². The molecule has 17 heavy (non-hydrogen) atoms. The van der Waals surface area contributed by atoms with E-state index in [1.165, 1.54) is 18.2 Å². The molecule has 1 unspecified atom stereocenters. The minimum Gasteiger partial charge on any atom is -0.348 e. The highest BCUT2D eigenvalue weighted by Gasteiger charge is 2.16. The first-order chi connectivity index (χ1) is 7.95. The summed E-state index contributed by atoms with van der Waals surface area (Å²) in [6.07, 6.45) is 0. The van der Waals surface area contributed by atoms with Crippen LogP contribution in [0.5, 0.6) is 0 Å². The second-order valence-electron chi connectivity index (χ2n) is 4.11. The Kier molecular flexibility index (Phi) is 5.59. The number of benzene rings is 1. The first kappa shape index (κ1) is 14.6. The smallest absolute Gasteiger partial charge is 0.251 e. The van der Waals surface area contributed by atoms with Gasteiger partial charge in [0, 0.05) is 16.9 Å². The fourth-order valence-corrected chi connectivity index (χ4v) is 2.56. The molecule has 0 spiro atoms. The van der Waals surface area contributed by atoms with Crippen molar-refractivity contribution in [3.63, 3.8) is 0 Å². The van der Waals surface area contributed by atoms with E-state index in [1.807, 2.05) is 13.8 Å². The molecular formula is C12H14Br2FNO. The summed E-state index contributed by atoms with van der Waals surface area (Å²) < 4.78 is 13.3. The zero-order chi connectivity index (χ0) is 13.0. The van der Waals surface area contributed by atoms with Crippen LogP contribution in [-0.4, -0.2) is 17.3 Å². The Morgan fingerprint density at radius 1 is 1.47 bits per heavy atom. The topological polar surface area (TPSA) is 29.1 Å². The minimum absolute atomic E-state index is 0.0614. The number of rotatable bonds is 4. The largest absolute Gasteiger partial charge is 0.348 e. The van der Waals surface area contributed by atoms with E-state index in [0.29, 0.717) is 21.3 Å². The molecule has 0 aromatic heterocycles. The highest BCUT2D eigenvalue weighted by molar-refractivity contribution is 9.10. The van der Waals surface area contributed by atoms with Crippen molar-refractivity contribution < 1.29 is 9.18 Å². The molecule has 0 fully saturated rings. The van der Waals surface area contributed by atoms with Crippen molar-refractivity contribution in [2.45, 2.75) is 19.9 Å². The highest BCUT2D eigenvalue weighted by atomic mass is 79.9. The molecule has 0 saturated heterocycles. The second-order valence-corrected chi connectivity index (χ2v) is 5.61. The van der Waals surface area contributed by atoms with Crippen LogP contribution in [0.2, 0.25) is 0 Å². The third kappa shape index (κ3) is 4.07. The first-order valence-corrected chi connectivity index (χ1v) is 7.19. The third-order valence-electron chi connectivity index (χ3n) is 2.47. The number of halogens is 3. The van der Waals surface area contributed by atoms with E-state index in [2.05, 4.69) is 37.2 Å². The van der Waals surface area contributed by atoms with Gasteiger partial charge in [0.15, 0.2) is 0 Å². The van der Waals surface area contributed by atoms with Crippen molar-refractivity contribution in [2.24, 2.45) is 5.92 Å². The number of amides is 1. The van der Waals surface area contributed by atoms with Crippen LogP contribution in [0.1, 0.15) is 24.2 Å². The Labute approximate surface area is 117 Å². The number of hydrogen-bond acceptors (Lipinski definition) is 1. The van der Waals surface area contributed by atoms with E-state index in [9.17, 15) is 9.18 Å². The summed E-state index contributed by atoms with van der Waals surface area (Å²) in [7, 11) is 0. The lowest BCUT2D eigenvalue weighted by Crippen LogP contribution is -2.39. The van der Waals surface area contributed by atoms with Crippen LogP contribution in [0.25, 0.3) is 0 Å². The molecule has 2 nitrogen and oxygen atoms in total. The lowest BCUT2D eigenvalue weighted by atomic mass is 10.1. The lowest BCUT2D eigenvalue weighted by Gasteiger charge is -2.19. The number of hydrogen-bond donors (Lipinski definition) is 1. The van der Waals surface area contributed by atoms with Gasteiger partial charge in [0.2, 0.25) is 0 Å². The van der Waals surface area contributed by atoms with Gasteiger partial charge in [-0.1, -0.05) is 29.8 Å². The average molecular weight is 367 g/mol. The van der Waals surface area contributed by atoms with Gasteiger partial charge >= 0.3 is 0 Å². The maximum absolute atomic E-state index is 13.0. The molecule has 1 atom stereocenters. The van der Waals surface area contributed by atoms with E-state index in [1.54, 1.807) is 0 Å². The third-order valence-corrected chi connectivity index (χ3v) is 3.77. The van der Waals surface area contributed by atoms with Crippen molar-refractivity contribution >= 4 is 37.8 Å². The molecular weight excluding hydrogens is 353 g/mol. The van der Waals surface area contributed by atoms with Crippen LogP contribution in [0.3, 0.4) is 0 Å².